The van der Waals surface area contributed by atoms with Crippen LogP contribution in [0, 0.1) is 6.92 Å². The fraction of sp³-hybridized carbons (Fsp3) is 0.500. The van der Waals surface area contributed by atoms with Crippen molar-refractivity contribution in [2.45, 2.75) is 26.8 Å². The normalized spacial score (nSPS) is 14.6. The molecule has 0 amide bonds. The Morgan fingerprint density at radius 2 is 1.91 bits per heavy atom. The third-order valence-corrected chi connectivity index (χ3v) is 5.52. The number of anilines is 1. The number of piperazine rings is 1. The van der Waals surface area contributed by atoms with Gasteiger partial charge in [-0.05, 0) is 50.6 Å². The van der Waals surface area contributed by atoms with E-state index in [-0.39, 0.29) is 24.0 Å². The van der Waals surface area contributed by atoms with Crippen LogP contribution in [-0.2, 0) is 13.0 Å². The molecule has 1 aromatic carbocycles. The fourth-order valence-corrected chi connectivity index (χ4v) is 3.66. The second kappa shape index (κ2) is 13.5. The summed E-state index contributed by atoms with van der Waals surface area (Å²) < 4.78 is 5.48. The number of aryl methyl sites for hydroxylation is 1. The zero-order chi connectivity index (χ0) is 22.1. The highest BCUT2D eigenvalue weighted by molar-refractivity contribution is 14.0. The van der Waals surface area contributed by atoms with Gasteiger partial charge in [0.15, 0.2) is 5.96 Å². The molecule has 2 N–H and O–H groups in total. The number of methoxy groups -OCH3 is 1. The average Bonchev–Trinajstić information content (AvgIpc) is 2.78. The minimum absolute atomic E-state index is 0. The van der Waals surface area contributed by atoms with Crippen LogP contribution in [0.4, 0.5) is 5.82 Å². The zero-order valence-electron chi connectivity index (χ0n) is 19.7. The number of guanidine groups is 1. The number of hydrogen-bond donors (Lipinski definition) is 2. The molecule has 2 aromatic rings. The molecule has 0 unspecified atom stereocenters. The Morgan fingerprint density at radius 1 is 1.12 bits per heavy atom. The number of hydrogen-bond acceptors (Lipinski definition) is 5. The highest BCUT2D eigenvalue weighted by atomic mass is 127. The Hall–Kier alpha value is -2.07. The number of pyridine rings is 1. The first-order valence-corrected chi connectivity index (χ1v) is 11.1. The Balaban J connectivity index is 0.00000363. The molecule has 1 aliphatic rings. The maximum Gasteiger partial charge on any atom is 0.191 e. The number of nitrogens with zero attached hydrogens (tertiary/aromatic N) is 4. The van der Waals surface area contributed by atoms with Crippen LogP contribution in [0.3, 0.4) is 0 Å². The smallest absolute Gasteiger partial charge is 0.191 e. The van der Waals surface area contributed by atoms with E-state index in [0.717, 1.165) is 68.8 Å². The molecule has 0 spiro atoms. The SMILES string of the molecule is CCNC(=NCc1ccc(N2CCN(C)CC2)nc1)NCCc1cc(C)ccc1OC.I. The van der Waals surface area contributed by atoms with Crippen LogP contribution in [0.15, 0.2) is 41.5 Å². The van der Waals surface area contributed by atoms with Crippen molar-refractivity contribution in [3.63, 3.8) is 0 Å². The Bertz CT molecular complexity index is 850. The minimum Gasteiger partial charge on any atom is -0.496 e. The highest BCUT2D eigenvalue weighted by Crippen LogP contribution is 2.19. The number of aromatic nitrogens is 1. The van der Waals surface area contributed by atoms with Gasteiger partial charge in [0.2, 0.25) is 0 Å². The van der Waals surface area contributed by atoms with Crippen molar-refractivity contribution in [2.24, 2.45) is 4.99 Å². The lowest BCUT2D eigenvalue weighted by molar-refractivity contribution is 0.312. The van der Waals surface area contributed by atoms with Gasteiger partial charge < -0.3 is 25.2 Å². The van der Waals surface area contributed by atoms with Crippen LogP contribution in [0.1, 0.15) is 23.6 Å². The van der Waals surface area contributed by atoms with Crippen molar-refractivity contribution in [3.8, 4) is 5.75 Å². The fourth-order valence-electron chi connectivity index (χ4n) is 3.66. The first kappa shape index (κ1) is 26.2. The third kappa shape index (κ3) is 7.81. The predicted molar refractivity (Wildman–Crippen MR) is 144 cm³/mol. The standard InChI is InChI=1S/C24H36N6O.HI/c1-5-25-24(26-11-10-21-16-19(2)6-8-22(21)31-4)28-18-20-7-9-23(27-17-20)30-14-12-29(3)13-15-30;/h6-9,16-17H,5,10-15,18H2,1-4H3,(H2,25,26,28);1H. The average molecular weight is 553 g/mol. The van der Waals surface area contributed by atoms with Crippen LogP contribution in [0.25, 0.3) is 0 Å². The van der Waals surface area contributed by atoms with Crippen LogP contribution >= 0.6 is 24.0 Å². The first-order chi connectivity index (χ1) is 15.1. The topological polar surface area (TPSA) is 65.0 Å². The summed E-state index contributed by atoms with van der Waals surface area (Å²) in [6.07, 6.45) is 2.81. The molecule has 176 valence electrons. The van der Waals surface area contributed by atoms with E-state index in [1.54, 1.807) is 7.11 Å². The molecule has 0 atom stereocenters. The van der Waals surface area contributed by atoms with Crippen molar-refractivity contribution in [1.82, 2.24) is 20.5 Å². The van der Waals surface area contributed by atoms with Crippen molar-refractivity contribution in [1.29, 1.82) is 0 Å². The van der Waals surface area contributed by atoms with E-state index in [9.17, 15) is 0 Å². The van der Waals surface area contributed by atoms with E-state index in [0.29, 0.717) is 6.54 Å². The predicted octanol–water partition coefficient (Wildman–Crippen LogP) is 3.07. The molecule has 1 saturated heterocycles. The zero-order valence-corrected chi connectivity index (χ0v) is 22.1. The van der Waals surface area contributed by atoms with Gasteiger partial charge in [-0.15, -0.1) is 24.0 Å². The van der Waals surface area contributed by atoms with E-state index in [1.165, 1.54) is 11.1 Å². The number of nitrogens with one attached hydrogen (secondary N) is 2. The molecule has 3 rings (SSSR count). The molecule has 0 saturated carbocycles. The van der Waals surface area contributed by atoms with Crippen molar-refractivity contribution in [2.75, 3.05) is 58.3 Å². The van der Waals surface area contributed by atoms with Crippen molar-refractivity contribution in [3.05, 3.63) is 53.2 Å². The molecule has 0 radical (unpaired) electrons. The summed E-state index contributed by atoms with van der Waals surface area (Å²) in [6.45, 7) is 10.6. The van der Waals surface area contributed by atoms with E-state index >= 15 is 0 Å². The minimum atomic E-state index is 0. The second-order valence-electron chi connectivity index (χ2n) is 8.00. The number of aliphatic imine (C=N–C) groups is 1. The van der Waals surface area contributed by atoms with Gasteiger partial charge in [-0.25, -0.2) is 9.98 Å². The van der Waals surface area contributed by atoms with Crippen LogP contribution in [0.5, 0.6) is 5.75 Å². The summed E-state index contributed by atoms with van der Waals surface area (Å²) in [5, 5.41) is 6.75. The molecule has 1 aliphatic heterocycles. The molecule has 0 bridgehead atoms. The summed E-state index contributed by atoms with van der Waals surface area (Å²) in [5.74, 6) is 2.80. The van der Waals surface area contributed by atoms with E-state index in [1.807, 2.05) is 12.3 Å². The molecule has 1 aromatic heterocycles. The first-order valence-electron chi connectivity index (χ1n) is 11.1. The second-order valence-corrected chi connectivity index (χ2v) is 8.00. The summed E-state index contributed by atoms with van der Waals surface area (Å²) in [4.78, 5) is 14.1. The summed E-state index contributed by atoms with van der Waals surface area (Å²) >= 11 is 0. The number of ether oxygens (including phenoxy) is 1. The van der Waals surface area contributed by atoms with Gasteiger partial charge in [0.25, 0.3) is 0 Å². The van der Waals surface area contributed by atoms with Crippen LogP contribution in [0.2, 0.25) is 0 Å². The molecule has 0 aliphatic carbocycles. The van der Waals surface area contributed by atoms with Gasteiger partial charge in [-0.3, -0.25) is 0 Å². The number of rotatable bonds is 8. The van der Waals surface area contributed by atoms with Gasteiger partial charge in [0.1, 0.15) is 11.6 Å². The van der Waals surface area contributed by atoms with E-state index in [2.05, 4.69) is 70.6 Å². The number of likely N-dealkylation sites (N-methyl/N-ethyl adjacent to an activating group) is 1. The number of halogens is 1. The molecule has 1 fully saturated rings. The molecule has 8 heteroatoms. The largest absolute Gasteiger partial charge is 0.496 e. The van der Waals surface area contributed by atoms with Crippen LogP contribution in [-0.4, -0.2) is 69.3 Å². The van der Waals surface area contributed by atoms with Crippen molar-refractivity contribution >= 4 is 35.8 Å². The Morgan fingerprint density at radius 3 is 2.56 bits per heavy atom. The summed E-state index contributed by atoms with van der Waals surface area (Å²) in [6, 6.07) is 10.5. The molecular weight excluding hydrogens is 515 g/mol. The molecule has 2 heterocycles. The molecule has 32 heavy (non-hydrogen) atoms. The van der Waals surface area contributed by atoms with E-state index in [4.69, 9.17) is 9.73 Å². The lowest BCUT2D eigenvalue weighted by Gasteiger charge is -2.33. The lowest BCUT2D eigenvalue weighted by Crippen LogP contribution is -2.44. The van der Waals surface area contributed by atoms with Gasteiger partial charge in [0.05, 0.1) is 13.7 Å². The summed E-state index contributed by atoms with van der Waals surface area (Å²) in [7, 11) is 3.88. The lowest BCUT2D eigenvalue weighted by atomic mass is 10.1. The monoisotopic (exact) mass is 552 g/mol. The van der Waals surface area contributed by atoms with E-state index < -0.39 is 0 Å². The van der Waals surface area contributed by atoms with Crippen LogP contribution < -0.4 is 20.3 Å². The van der Waals surface area contributed by atoms with Gasteiger partial charge in [-0.2, -0.15) is 0 Å². The molecular formula is C24H37IN6O. The van der Waals surface area contributed by atoms with Gasteiger partial charge >= 0.3 is 0 Å². The maximum atomic E-state index is 5.48. The Labute approximate surface area is 209 Å². The highest BCUT2D eigenvalue weighted by Gasteiger charge is 2.14. The van der Waals surface area contributed by atoms with Gasteiger partial charge in [-0.1, -0.05) is 23.8 Å². The third-order valence-electron chi connectivity index (χ3n) is 5.52. The Kier molecular flexibility index (Phi) is 11.0. The quantitative estimate of drug-likeness (QED) is 0.298. The molecule has 7 nitrogen and oxygen atoms in total. The van der Waals surface area contributed by atoms with Gasteiger partial charge in [0, 0.05) is 45.5 Å². The summed E-state index contributed by atoms with van der Waals surface area (Å²) in [5.41, 5.74) is 3.55. The maximum absolute atomic E-state index is 5.48. The van der Waals surface area contributed by atoms with Crippen molar-refractivity contribution < 1.29 is 4.74 Å². The number of benzene rings is 1.